The average Bonchev–Trinajstić information content (AvgIpc) is 2.38. The lowest BCUT2D eigenvalue weighted by Crippen LogP contribution is -2.43. The van der Waals surface area contributed by atoms with Gasteiger partial charge in [-0.1, -0.05) is 24.1 Å². The topological polar surface area (TPSA) is 32.3 Å². The van der Waals surface area contributed by atoms with E-state index in [1.54, 1.807) is 0 Å². The van der Waals surface area contributed by atoms with E-state index >= 15 is 0 Å². The Morgan fingerprint density at radius 2 is 2.11 bits per heavy atom. The van der Waals surface area contributed by atoms with Crippen molar-refractivity contribution < 1.29 is 5.11 Å². The van der Waals surface area contributed by atoms with Gasteiger partial charge in [0.2, 0.25) is 0 Å². The van der Waals surface area contributed by atoms with E-state index in [0.29, 0.717) is 0 Å². The number of aliphatic hydroxyl groups excluding tert-OH is 1. The molecular formula is C15H25NOS. The molecule has 0 bridgehead atoms. The van der Waals surface area contributed by atoms with Gasteiger partial charge in [0.25, 0.3) is 0 Å². The number of aryl methyl sites for hydroxylation is 1. The van der Waals surface area contributed by atoms with Crippen molar-refractivity contribution in [2.45, 2.75) is 43.5 Å². The summed E-state index contributed by atoms with van der Waals surface area (Å²) in [6.07, 6.45) is 3.36. The van der Waals surface area contributed by atoms with Gasteiger partial charge in [0, 0.05) is 10.4 Å². The van der Waals surface area contributed by atoms with Gasteiger partial charge in [-0.25, -0.2) is 0 Å². The molecule has 1 aromatic rings. The molecule has 3 heteroatoms. The van der Waals surface area contributed by atoms with Gasteiger partial charge >= 0.3 is 0 Å². The van der Waals surface area contributed by atoms with Gasteiger partial charge in [0.05, 0.1) is 6.61 Å². The molecule has 0 fully saturated rings. The van der Waals surface area contributed by atoms with E-state index in [9.17, 15) is 5.11 Å². The van der Waals surface area contributed by atoms with Crippen molar-refractivity contribution in [2.75, 3.05) is 19.4 Å². The Morgan fingerprint density at radius 1 is 1.33 bits per heavy atom. The summed E-state index contributed by atoms with van der Waals surface area (Å²) < 4.78 is 0. The van der Waals surface area contributed by atoms with Gasteiger partial charge < -0.3 is 10.4 Å². The second-order valence-corrected chi connectivity index (χ2v) is 6.26. The lowest BCUT2D eigenvalue weighted by molar-refractivity contribution is 0.171. The summed E-state index contributed by atoms with van der Waals surface area (Å²) in [5.74, 6) is 1.15. The zero-order valence-corrected chi connectivity index (χ0v) is 12.5. The number of rotatable bonds is 8. The molecule has 2 N–H and O–H groups in total. The molecule has 0 aromatic heterocycles. The van der Waals surface area contributed by atoms with Gasteiger partial charge in [-0.05, 0) is 51.6 Å². The smallest absolute Gasteiger partial charge is 0.0610 e. The number of nitrogens with one attached hydrogen (secondary N) is 1. The molecule has 0 amide bonds. The first kappa shape index (κ1) is 15.5. The van der Waals surface area contributed by atoms with Crippen molar-refractivity contribution in [2.24, 2.45) is 0 Å². The van der Waals surface area contributed by atoms with Gasteiger partial charge in [-0.2, -0.15) is 0 Å². The van der Waals surface area contributed by atoms with Crippen LogP contribution in [0.3, 0.4) is 0 Å². The highest BCUT2D eigenvalue weighted by atomic mass is 32.2. The summed E-state index contributed by atoms with van der Waals surface area (Å²) in [5.41, 5.74) is 1.21. The van der Waals surface area contributed by atoms with Gasteiger partial charge in [0.1, 0.15) is 0 Å². The van der Waals surface area contributed by atoms with Gasteiger partial charge in [-0.15, -0.1) is 11.8 Å². The van der Waals surface area contributed by atoms with E-state index in [2.05, 4.69) is 43.4 Å². The number of unbranched alkanes of at least 4 members (excludes halogenated alkanes) is 1. The van der Waals surface area contributed by atoms with Crippen molar-refractivity contribution in [3.05, 3.63) is 29.8 Å². The van der Waals surface area contributed by atoms with E-state index in [1.807, 2.05) is 18.8 Å². The highest BCUT2D eigenvalue weighted by Gasteiger charge is 2.19. The van der Waals surface area contributed by atoms with Crippen LogP contribution in [0.15, 0.2) is 29.2 Å². The third kappa shape index (κ3) is 5.42. The molecule has 0 heterocycles. The largest absolute Gasteiger partial charge is 0.394 e. The summed E-state index contributed by atoms with van der Waals surface area (Å²) in [4.78, 5) is 1.36. The third-order valence-corrected chi connectivity index (χ3v) is 4.41. The Bertz CT molecular complexity index is 350. The van der Waals surface area contributed by atoms with E-state index in [1.165, 1.54) is 16.9 Å². The molecule has 102 valence electrons. The molecule has 0 aliphatic heterocycles. The Morgan fingerprint density at radius 3 is 2.72 bits per heavy atom. The molecule has 0 radical (unpaired) electrons. The number of hydrogen-bond donors (Lipinski definition) is 2. The number of likely N-dealkylation sites (N-methyl/N-ethyl adjacent to an activating group) is 1. The van der Waals surface area contributed by atoms with Crippen molar-refractivity contribution in [1.82, 2.24) is 5.32 Å². The molecule has 18 heavy (non-hydrogen) atoms. The number of hydrogen-bond acceptors (Lipinski definition) is 3. The second kappa shape index (κ2) is 7.82. The van der Waals surface area contributed by atoms with Crippen LogP contribution in [0.25, 0.3) is 0 Å². The maximum Gasteiger partial charge on any atom is 0.0610 e. The second-order valence-electron chi connectivity index (χ2n) is 5.09. The Hall–Kier alpha value is -0.510. The number of aliphatic hydroxyl groups is 1. The van der Waals surface area contributed by atoms with Crippen molar-refractivity contribution in [3.8, 4) is 0 Å². The zero-order valence-electron chi connectivity index (χ0n) is 11.7. The maximum atomic E-state index is 9.28. The van der Waals surface area contributed by atoms with Crippen molar-refractivity contribution in [3.63, 3.8) is 0 Å². The number of thioether (sulfide) groups is 1. The molecule has 2 nitrogen and oxygen atoms in total. The van der Waals surface area contributed by atoms with E-state index in [4.69, 9.17) is 0 Å². The fraction of sp³-hybridized carbons (Fsp3) is 0.600. The molecule has 0 saturated carbocycles. The molecule has 0 aliphatic rings. The minimum absolute atomic E-state index is 0.117. The molecule has 1 atom stereocenters. The molecule has 0 saturated heterocycles. The molecule has 1 rings (SSSR count). The quantitative estimate of drug-likeness (QED) is 0.560. The Balaban J connectivity index is 2.19. The molecule has 0 spiro atoms. The molecule has 1 aromatic carbocycles. The summed E-state index contributed by atoms with van der Waals surface area (Å²) >= 11 is 1.92. The SMILES string of the molecule is CNC(C)(CO)CCCCSc1cccc(C)c1. The van der Waals surface area contributed by atoms with Gasteiger partial charge in [-0.3, -0.25) is 0 Å². The van der Waals surface area contributed by atoms with Crippen LogP contribution < -0.4 is 5.32 Å². The summed E-state index contributed by atoms with van der Waals surface area (Å²) in [7, 11) is 1.91. The lowest BCUT2D eigenvalue weighted by atomic mass is 9.96. The molecule has 1 unspecified atom stereocenters. The van der Waals surface area contributed by atoms with Crippen molar-refractivity contribution in [1.29, 1.82) is 0 Å². The van der Waals surface area contributed by atoms with Crippen LogP contribution in [0.1, 0.15) is 31.7 Å². The summed E-state index contributed by atoms with van der Waals surface area (Å²) in [6, 6.07) is 8.64. The van der Waals surface area contributed by atoms with Crippen LogP contribution in [0.5, 0.6) is 0 Å². The van der Waals surface area contributed by atoms with E-state index in [-0.39, 0.29) is 12.1 Å². The first-order valence-electron chi connectivity index (χ1n) is 6.59. The normalized spacial score (nSPS) is 14.4. The zero-order chi connectivity index (χ0) is 13.4. The van der Waals surface area contributed by atoms with E-state index < -0.39 is 0 Å². The fourth-order valence-corrected chi connectivity index (χ4v) is 2.82. The van der Waals surface area contributed by atoms with Gasteiger partial charge in [0.15, 0.2) is 0 Å². The van der Waals surface area contributed by atoms with Crippen LogP contribution in [0, 0.1) is 6.92 Å². The number of benzene rings is 1. The molecular weight excluding hydrogens is 242 g/mol. The van der Waals surface area contributed by atoms with Crippen LogP contribution >= 0.6 is 11.8 Å². The lowest BCUT2D eigenvalue weighted by Gasteiger charge is -2.26. The third-order valence-electron chi connectivity index (χ3n) is 3.33. The Labute approximate surface area is 115 Å². The first-order valence-corrected chi connectivity index (χ1v) is 7.57. The predicted octanol–water partition coefficient (Wildman–Crippen LogP) is 3.23. The first-order chi connectivity index (χ1) is 8.59. The maximum absolute atomic E-state index is 9.28. The summed E-state index contributed by atoms with van der Waals surface area (Å²) in [6.45, 7) is 4.40. The standard InChI is InChI=1S/C15H25NOS/c1-13-7-6-8-14(11-13)18-10-5-4-9-15(2,12-17)16-3/h6-8,11,16-17H,4-5,9-10,12H2,1-3H3. The average molecular weight is 267 g/mol. The van der Waals surface area contributed by atoms with Crippen molar-refractivity contribution >= 4 is 11.8 Å². The fourth-order valence-electron chi connectivity index (χ4n) is 1.80. The predicted molar refractivity (Wildman–Crippen MR) is 80.3 cm³/mol. The Kier molecular flexibility index (Phi) is 6.76. The van der Waals surface area contributed by atoms with E-state index in [0.717, 1.165) is 18.6 Å². The minimum atomic E-state index is -0.117. The van der Waals surface area contributed by atoms with Crippen LogP contribution in [-0.2, 0) is 0 Å². The minimum Gasteiger partial charge on any atom is -0.394 e. The highest BCUT2D eigenvalue weighted by Crippen LogP contribution is 2.21. The van der Waals surface area contributed by atoms with Crippen LogP contribution in [-0.4, -0.2) is 30.1 Å². The van der Waals surface area contributed by atoms with Crippen LogP contribution in [0.4, 0.5) is 0 Å². The monoisotopic (exact) mass is 267 g/mol. The highest BCUT2D eigenvalue weighted by molar-refractivity contribution is 7.99. The summed E-state index contributed by atoms with van der Waals surface area (Å²) in [5, 5.41) is 12.5. The molecule has 0 aliphatic carbocycles. The van der Waals surface area contributed by atoms with Crippen LogP contribution in [0.2, 0.25) is 0 Å².